The fourth-order valence-electron chi connectivity index (χ4n) is 3.63. The number of nitrogens with one attached hydrogen (secondary N) is 2. The van der Waals surface area contributed by atoms with E-state index >= 15 is 0 Å². The number of amides is 2. The van der Waals surface area contributed by atoms with E-state index in [1.54, 1.807) is 12.1 Å². The van der Waals surface area contributed by atoms with Gasteiger partial charge in [-0.3, -0.25) is 14.6 Å². The third-order valence-corrected chi connectivity index (χ3v) is 6.09. The standard InChI is InChI=1S/C22H22Cl2F3N3O3/c23-16-6-5-15(10-17(16)24)33-13-19(31)30-21(8-2-1-3-9-21)20(32)29-12-14-4-7-18(28-11-14)22(25,26)27/h4-7,10-11H,1-3,8-9,12-13H2,(H,29,32)(H,30,31). The Bertz CT molecular complexity index is 995. The fourth-order valence-corrected chi connectivity index (χ4v) is 3.92. The number of carbonyl (C=O) groups excluding carboxylic acids is 2. The molecule has 0 unspecified atom stereocenters. The number of nitrogens with zero attached hydrogens (tertiary/aromatic N) is 1. The van der Waals surface area contributed by atoms with Crippen molar-refractivity contribution in [1.82, 2.24) is 15.6 Å². The molecule has 1 aliphatic carbocycles. The Kier molecular flexibility index (Phi) is 8.07. The van der Waals surface area contributed by atoms with Gasteiger partial charge >= 0.3 is 6.18 Å². The number of rotatable bonds is 7. The Labute approximate surface area is 198 Å². The van der Waals surface area contributed by atoms with E-state index in [1.807, 2.05) is 0 Å². The number of benzene rings is 1. The van der Waals surface area contributed by atoms with Gasteiger partial charge in [0.05, 0.1) is 10.0 Å². The highest BCUT2D eigenvalue weighted by Crippen LogP contribution is 2.30. The van der Waals surface area contributed by atoms with E-state index in [2.05, 4.69) is 15.6 Å². The van der Waals surface area contributed by atoms with Crippen molar-refractivity contribution in [2.45, 2.75) is 50.4 Å². The normalized spacial score (nSPS) is 15.5. The maximum atomic E-state index is 13.0. The number of alkyl halides is 3. The van der Waals surface area contributed by atoms with Crippen molar-refractivity contribution in [2.75, 3.05) is 6.61 Å². The first-order valence-electron chi connectivity index (χ1n) is 10.3. The lowest BCUT2D eigenvalue weighted by Gasteiger charge is -2.36. The lowest BCUT2D eigenvalue weighted by atomic mass is 9.80. The van der Waals surface area contributed by atoms with E-state index in [9.17, 15) is 22.8 Å². The van der Waals surface area contributed by atoms with Gasteiger partial charge in [-0.1, -0.05) is 48.5 Å². The highest BCUT2D eigenvalue weighted by atomic mass is 35.5. The van der Waals surface area contributed by atoms with Crippen LogP contribution in [0.3, 0.4) is 0 Å². The van der Waals surface area contributed by atoms with Crippen LogP contribution in [0.15, 0.2) is 36.5 Å². The van der Waals surface area contributed by atoms with Gasteiger partial charge in [-0.05, 0) is 36.6 Å². The maximum absolute atomic E-state index is 13.0. The molecule has 0 saturated heterocycles. The second kappa shape index (κ2) is 10.6. The number of pyridine rings is 1. The summed E-state index contributed by atoms with van der Waals surface area (Å²) in [6.07, 6.45) is -0.122. The van der Waals surface area contributed by atoms with Gasteiger partial charge in [0, 0.05) is 18.8 Å². The van der Waals surface area contributed by atoms with Gasteiger partial charge in [0.1, 0.15) is 17.0 Å². The molecule has 0 bridgehead atoms. The second-order valence-corrected chi connectivity index (χ2v) is 8.60. The van der Waals surface area contributed by atoms with Gasteiger partial charge in [-0.2, -0.15) is 13.2 Å². The molecule has 0 atom stereocenters. The molecule has 1 aromatic carbocycles. The summed E-state index contributed by atoms with van der Waals surface area (Å²) in [4.78, 5) is 29.0. The van der Waals surface area contributed by atoms with E-state index in [1.165, 1.54) is 12.1 Å². The van der Waals surface area contributed by atoms with Crippen LogP contribution in [0.5, 0.6) is 5.75 Å². The fraction of sp³-hybridized carbons (Fsp3) is 0.409. The molecule has 1 saturated carbocycles. The van der Waals surface area contributed by atoms with E-state index < -0.39 is 29.2 Å². The van der Waals surface area contributed by atoms with Crippen molar-refractivity contribution < 1.29 is 27.5 Å². The van der Waals surface area contributed by atoms with Gasteiger partial charge in [0.2, 0.25) is 5.91 Å². The number of hydrogen-bond donors (Lipinski definition) is 2. The smallest absolute Gasteiger partial charge is 0.433 e. The number of ether oxygens (including phenoxy) is 1. The van der Waals surface area contributed by atoms with E-state index in [-0.39, 0.29) is 18.2 Å². The van der Waals surface area contributed by atoms with Gasteiger partial charge in [-0.15, -0.1) is 0 Å². The van der Waals surface area contributed by atoms with Crippen LogP contribution >= 0.6 is 23.2 Å². The summed E-state index contributed by atoms with van der Waals surface area (Å²) in [5.41, 5.74) is -1.71. The Morgan fingerprint density at radius 3 is 2.39 bits per heavy atom. The molecule has 178 valence electrons. The predicted octanol–water partition coefficient (Wildman–Crippen LogP) is 4.92. The first kappa shape index (κ1) is 25.1. The molecular weight excluding hydrogens is 482 g/mol. The Morgan fingerprint density at radius 2 is 1.79 bits per heavy atom. The Morgan fingerprint density at radius 1 is 1.06 bits per heavy atom. The number of hydrogen-bond acceptors (Lipinski definition) is 4. The summed E-state index contributed by atoms with van der Waals surface area (Å²) in [5.74, 6) is -0.518. The molecule has 11 heteroatoms. The quantitative estimate of drug-likeness (QED) is 0.561. The third-order valence-electron chi connectivity index (χ3n) is 5.35. The molecule has 2 aromatic rings. The number of carbonyl (C=O) groups is 2. The van der Waals surface area contributed by atoms with Gasteiger partial charge in [0.15, 0.2) is 6.61 Å². The topological polar surface area (TPSA) is 80.3 Å². The third kappa shape index (κ3) is 6.74. The molecule has 0 aliphatic heterocycles. The number of halogens is 5. The molecule has 1 fully saturated rings. The van der Waals surface area contributed by atoms with Gasteiger partial charge < -0.3 is 15.4 Å². The summed E-state index contributed by atoms with van der Waals surface area (Å²) in [6.45, 7) is -0.336. The van der Waals surface area contributed by atoms with Crippen LogP contribution in [-0.2, 0) is 22.3 Å². The molecule has 3 rings (SSSR count). The largest absolute Gasteiger partial charge is 0.484 e. The van der Waals surface area contributed by atoms with Gasteiger partial charge in [-0.25, -0.2) is 0 Å². The molecule has 33 heavy (non-hydrogen) atoms. The zero-order valence-corrected chi connectivity index (χ0v) is 19.0. The lowest BCUT2D eigenvalue weighted by molar-refractivity contribution is -0.141. The van der Waals surface area contributed by atoms with Crippen LogP contribution < -0.4 is 15.4 Å². The van der Waals surface area contributed by atoms with Crippen molar-refractivity contribution in [3.05, 3.63) is 57.8 Å². The zero-order valence-electron chi connectivity index (χ0n) is 17.5. The molecule has 1 aromatic heterocycles. The summed E-state index contributed by atoms with van der Waals surface area (Å²) in [5, 5.41) is 6.15. The Hall–Kier alpha value is -2.52. The van der Waals surface area contributed by atoms with Crippen LogP contribution in [-0.4, -0.2) is 28.9 Å². The minimum absolute atomic E-state index is 0.0125. The molecule has 2 amide bonds. The summed E-state index contributed by atoms with van der Waals surface area (Å²) in [6, 6.07) is 6.72. The first-order chi connectivity index (χ1) is 15.6. The summed E-state index contributed by atoms with van der Waals surface area (Å²) < 4.78 is 43.4. The predicted molar refractivity (Wildman–Crippen MR) is 117 cm³/mol. The Balaban J connectivity index is 1.60. The first-order valence-corrected chi connectivity index (χ1v) is 11.0. The molecular formula is C22H22Cl2F3N3O3. The molecule has 1 aliphatic rings. The SMILES string of the molecule is O=C(COc1ccc(Cl)c(Cl)c1)NC1(C(=O)NCc2ccc(C(F)(F)F)nc2)CCCCC1. The van der Waals surface area contributed by atoms with E-state index in [0.717, 1.165) is 31.5 Å². The minimum atomic E-state index is -4.53. The average molecular weight is 504 g/mol. The van der Waals surface area contributed by atoms with Gasteiger partial charge in [0.25, 0.3) is 5.91 Å². The maximum Gasteiger partial charge on any atom is 0.433 e. The highest BCUT2D eigenvalue weighted by molar-refractivity contribution is 6.42. The molecule has 0 radical (unpaired) electrons. The molecule has 2 N–H and O–H groups in total. The summed E-state index contributed by atoms with van der Waals surface area (Å²) >= 11 is 11.8. The van der Waals surface area contributed by atoms with Crippen molar-refractivity contribution in [3.8, 4) is 5.75 Å². The van der Waals surface area contributed by atoms with Crippen molar-refractivity contribution >= 4 is 35.0 Å². The van der Waals surface area contributed by atoms with Crippen LogP contribution in [0.2, 0.25) is 10.0 Å². The van der Waals surface area contributed by atoms with Crippen LogP contribution in [0.25, 0.3) is 0 Å². The van der Waals surface area contributed by atoms with Crippen molar-refractivity contribution in [2.24, 2.45) is 0 Å². The van der Waals surface area contributed by atoms with Crippen LogP contribution in [0, 0.1) is 0 Å². The minimum Gasteiger partial charge on any atom is -0.484 e. The lowest BCUT2D eigenvalue weighted by Crippen LogP contribution is -2.60. The van der Waals surface area contributed by atoms with Crippen molar-refractivity contribution in [3.63, 3.8) is 0 Å². The molecule has 6 nitrogen and oxygen atoms in total. The monoisotopic (exact) mass is 503 g/mol. The molecule has 0 spiro atoms. The van der Waals surface area contributed by atoms with E-state index in [0.29, 0.717) is 29.2 Å². The van der Waals surface area contributed by atoms with Crippen LogP contribution in [0.1, 0.15) is 43.4 Å². The van der Waals surface area contributed by atoms with E-state index in [4.69, 9.17) is 27.9 Å². The van der Waals surface area contributed by atoms with Crippen LogP contribution in [0.4, 0.5) is 13.2 Å². The molecule has 1 heterocycles. The highest BCUT2D eigenvalue weighted by Gasteiger charge is 2.40. The average Bonchev–Trinajstić information content (AvgIpc) is 2.78. The van der Waals surface area contributed by atoms with Crippen molar-refractivity contribution in [1.29, 1.82) is 0 Å². The number of aromatic nitrogens is 1. The zero-order chi connectivity index (χ0) is 24.1. The summed E-state index contributed by atoms with van der Waals surface area (Å²) in [7, 11) is 0. The second-order valence-electron chi connectivity index (χ2n) is 7.79.